The number of amides is 1. The van der Waals surface area contributed by atoms with Crippen molar-refractivity contribution >= 4 is 23.5 Å². The molecule has 0 saturated carbocycles. The van der Waals surface area contributed by atoms with Crippen LogP contribution in [0.1, 0.15) is 28.2 Å². The Kier molecular flexibility index (Phi) is 4.46. The molecule has 0 spiro atoms. The van der Waals surface area contributed by atoms with E-state index >= 15 is 0 Å². The number of nitrogens with zero attached hydrogens (tertiary/aromatic N) is 2. The van der Waals surface area contributed by atoms with E-state index in [9.17, 15) is 4.79 Å². The van der Waals surface area contributed by atoms with Gasteiger partial charge in [0.05, 0.1) is 11.9 Å². The van der Waals surface area contributed by atoms with Gasteiger partial charge in [0.2, 0.25) is 5.91 Å². The highest BCUT2D eigenvalue weighted by atomic mass is 32.1. The van der Waals surface area contributed by atoms with Crippen molar-refractivity contribution < 1.29 is 4.79 Å². The van der Waals surface area contributed by atoms with Crippen LogP contribution in [0.3, 0.4) is 0 Å². The molecule has 0 atom stereocenters. The average molecular weight is 276 g/mol. The summed E-state index contributed by atoms with van der Waals surface area (Å²) in [5.74, 6) is -0.0900. The number of aromatic nitrogens is 2. The topological polar surface area (TPSA) is 70.1 Å². The van der Waals surface area contributed by atoms with Crippen LogP contribution in [0.25, 0.3) is 0 Å². The van der Waals surface area contributed by atoms with Gasteiger partial charge in [-0.3, -0.25) is 9.89 Å². The molecule has 2 N–H and O–H groups in total. The quantitative estimate of drug-likeness (QED) is 0.649. The Morgan fingerprint density at radius 2 is 2.42 bits per heavy atom. The molecule has 100 valence electrons. The van der Waals surface area contributed by atoms with Gasteiger partial charge in [-0.05, 0) is 37.3 Å². The lowest BCUT2D eigenvalue weighted by atomic mass is 10.1. The molecule has 0 aliphatic carbocycles. The molecule has 0 saturated heterocycles. The molecule has 0 aromatic carbocycles. The van der Waals surface area contributed by atoms with Crippen LogP contribution in [0, 0.1) is 13.8 Å². The minimum absolute atomic E-state index is 0.0900. The number of aryl methyl sites for hydroxylation is 2. The van der Waals surface area contributed by atoms with Crippen molar-refractivity contribution in [1.82, 2.24) is 15.6 Å². The predicted molar refractivity (Wildman–Crippen MR) is 76.4 cm³/mol. The third-order valence-electron chi connectivity index (χ3n) is 2.81. The number of hydrogen-bond acceptors (Lipinski definition) is 4. The van der Waals surface area contributed by atoms with E-state index in [-0.39, 0.29) is 5.91 Å². The first-order chi connectivity index (χ1) is 9.16. The maximum Gasteiger partial charge on any atom is 0.240 e. The van der Waals surface area contributed by atoms with Crippen molar-refractivity contribution in [3.8, 4) is 0 Å². The largest absolute Gasteiger partial charge is 0.282 e. The average Bonchev–Trinajstić information content (AvgIpc) is 2.99. The van der Waals surface area contributed by atoms with E-state index in [1.807, 2.05) is 31.4 Å². The number of hydrazone groups is 1. The molecular formula is C13H16N4OS. The molecule has 19 heavy (non-hydrogen) atoms. The zero-order valence-electron chi connectivity index (χ0n) is 10.9. The fourth-order valence-electron chi connectivity index (χ4n) is 1.77. The number of carbonyl (C=O) groups is 1. The first-order valence-corrected chi connectivity index (χ1v) is 6.90. The van der Waals surface area contributed by atoms with Gasteiger partial charge in [-0.2, -0.15) is 10.2 Å². The number of thiophene rings is 1. The minimum atomic E-state index is -0.0900. The van der Waals surface area contributed by atoms with Crippen molar-refractivity contribution in [2.24, 2.45) is 5.10 Å². The second-order valence-corrected chi connectivity index (χ2v) is 5.20. The molecule has 2 aromatic rings. The van der Waals surface area contributed by atoms with Crippen LogP contribution in [0.5, 0.6) is 0 Å². The van der Waals surface area contributed by atoms with Gasteiger partial charge in [0.1, 0.15) is 0 Å². The molecule has 5 nitrogen and oxygen atoms in total. The van der Waals surface area contributed by atoms with Crippen LogP contribution in [0.4, 0.5) is 0 Å². The predicted octanol–water partition coefficient (Wildman–Crippen LogP) is 2.17. The Balaban J connectivity index is 1.79. The van der Waals surface area contributed by atoms with E-state index in [0.29, 0.717) is 12.8 Å². The van der Waals surface area contributed by atoms with E-state index in [0.717, 1.165) is 21.8 Å². The van der Waals surface area contributed by atoms with Gasteiger partial charge in [0.25, 0.3) is 0 Å². The molecule has 6 heteroatoms. The third kappa shape index (κ3) is 3.75. The molecule has 0 aliphatic heterocycles. The van der Waals surface area contributed by atoms with Gasteiger partial charge < -0.3 is 0 Å². The van der Waals surface area contributed by atoms with Crippen LogP contribution >= 0.6 is 11.3 Å². The summed E-state index contributed by atoms with van der Waals surface area (Å²) in [5, 5.41) is 12.9. The zero-order valence-corrected chi connectivity index (χ0v) is 11.8. The Labute approximate surface area is 115 Å². The molecule has 2 aromatic heterocycles. The SMILES string of the molecule is Cc1n[nH]c(C)c1CCC(=O)N/N=C/c1cccs1. The smallest absolute Gasteiger partial charge is 0.240 e. The van der Waals surface area contributed by atoms with Gasteiger partial charge in [0, 0.05) is 17.0 Å². The van der Waals surface area contributed by atoms with Gasteiger partial charge in [-0.1, -0.05) is 6.07 Å². The highest BCUT2D eigenvalue weighted by Gasteiger charge is 2.08. The van der Waals surface area contributed by atoms with Gasteiger partial charge in [0.15, 0.2) is 0 Å². The zero-order chi connectivity index (χ0) is 13.7. The normalized spacial score (nSPS) is 11.1. The van der Waals surface area contributed by atoms with E-state index < -0.39 is 0 Å². The van der Waals surface area contributed by atoms with Crippen molar-refractivity contribution in [3.05, 3.63) is 39.3 Å². The molecule has 0 unspecified atom stereocenters. The molecule has 0 bridgehead atoms. The standard InChI is InChI=1S/C13H16N4OS/c1-9-12(10(2)16-15-9)5-6-13(18)17-14-8-11-4-3-7-19-11/h3-4,7-8H,5-6H2,1-2H3,(H,15,16)(H,17,18)/b14-8+. The number of rotatable bonds is 5. The van der Waals surface area contributed by atoms with E-state index in [4.69, 9.17) is 0 Å². The number of aromatic amines is 1. The Morgan fingerprint density at radius 1 is 1.58 bits per heavy atom. The first kappa shape index (κ1) is 13.5. The molecule has 2 heterocycles. The summed E-state index contributed by atoms with van der Waals surface area (Å²) in [6.45, 7) is 3.90. The molecule has 1 amide bonds. The number of hydrogen-bond donors (Lipinski definition) is 2. The van der Waals surface area contributed by atoms with Crippen molar-refractivity contribution in [3.63, 3.8) is 0 Å². The number of carbonyl (C=O) groups excluding carboxylic acids is 1. The lowest BCUT2D eigenvalue weighted by Crippen LogP contribution is -2.18. The van der Waals surface area contributed by atoms with Gasteiger partial charge >= 0.3 is 0 Å². The van der Waals surface area contributed by atoms with E-state index in [2.05, 4.69) is 20.7 Å². The van der Waals surface area contributed by atoms with Crippen LogP contribution < -0.4 is 5.43 Å². The number of nitrogens with one attached hydrogen (secondary N) is 2. The van der Waals surface area contributed by atoms with Crippen molar-refractivity contribution in [2.45, 2.75) is 26.7 Å². The summed E-state index contributed by atoms with van der Waals surface area (Å²) in [6, 6.07) is 3.89. The summed E-state index contributed by atoms with van der Waals surface area (Å²) in [7, 11) is 0. The Bertz CT molecular complexity index is 552. The van der Waals surface area contributed by atoms with E-state index in [1.54, 1.807) is 17.6 Å². The first-order valence-electron chi connectivity index (χ1n) is 6.02. The number of H-pyrrole nitrogens is 1. The van der Waals surface area contributed by atoms with Crippen LogP contribution in [-0.4, -0.2) is 22.3 Å². The second-order valence-electron chi connectivity index (χ2n) is 4.22. The summed E-state index contributed by atoms with van der Waals surface area (Å²) < 4.78 is 0. The van der Waals surface area contributed by atoms with Crippen molar-refractivity contribution in [1.29, 1.82) is 0 Å². The Hall–Kier alpha value is -1.95. The van der Waals surface area contributed by atoms with Crippen LogP contribution in [0.15, 0.2) is 22.6 Å². The fraction of sp³-hybridized carbons (Fsp3) is 0.308. The second kappa shape index (κ2) is 6.29. The van der Waals surface area contributed by atoms with Crippen LogP contribution in [-0.2, 0) is 11.2 Å². The van der Waals surface area contributed by atoms with Crippen LogP contribution in [0.2, 0.25) is 0 Å². The lowest BCUT2D eigenvalue weighted by molar-refractivity contribution is -0.121. The van der Waals surface area contributed by atoms with Crippen molar-refractivity contribution in [2.75, 3.05) is 0 Å². The van der Waals surface area contributed by atoms with Gasteiger partial charge in [-0.15, -0.1) is 11.3 Å². The highest BCUT2D eigenvalue weighted by Crippen LogP contribution is 2.11. The summed E-state index contributed by atoms with van der Waals surface area (Å²) in [5.41, 5.74) is 5.61. The summed E-state index contributed by atoms with van der Waals surface area (Å²) in [6.07, 6.45) is 2.73. The monoisotopic (exact) mass is 276 g/mol. The van der Waals surface area contributed by atoms with E-state index in [1.165, 1.54) is 0 Å². The van der Waals surface area contributed by atoms with Gasteiger partial charge in [-0.25, -0.2) is 5.43 Å². The maximum absolute atomic E-state index is 11.6. The summed E-state index contributed by atoms with van der Waals surface area (Å²) >= 11 is 1.58. The molecule has 0 fully saturated rings. The summed E-state index contributed by atoms with van der Waals surface area (Å²) in [4.78, 5) is 12.7. The molecular weight excluding hydrogens is 260 g/mol. The highest BCUT2D eigenvalue weighted by molar-refractivity contribution is 7.11. The lowest BCUT2D eigenvalue weighted by Gasteiger charge is -2.00. The molecule has 0 aliphatic rings. The Morgan fingerprint density at radius 3 is 3.05 bits per heavy atom. The third-order valence-corrected chi connectivity index (χ3v) is 3.61. The maximum atomic E-state index is 11.6. The minimum Gasteiger partial charge on any atom is -0.282 e. The molecule has 2 rings (SSSR count). The molecule has 0 radical (unpaired) electrons. The fourth-order valence-corrected chi connectivity index (χ4v) is 2.35.